The molecule has 2 saturated heterocycles. The number of methoxy groups -OCH3 is 1. The summed E-state index contributed by atoms with van der Waals surface area (Å²) in [5, 5.41) is 3.58. The van der Waals surface area contributed by atoms with Crippen molar-refractivity contribution >= 4 is 29.9 Å². The van der Waals surface area contributed by atoms with Gasteiger partial charge in [0, 0.05) is 32.1 Å². The minimum absolute atomic E-state index is 0. The highest BCUT2D eigenvalue weighted by molar-refractivity contribution is 14.0. The van der Waals surface area contributed by atoms with E-state index >= 15 is 0 Å². The van der Waals surface area contributed by atoms with Crippen molar-refractivity contribution in [3.05, 3.63) is 54.0 Å². The normalized spacial score (nSPS) is 19.7. The molecule has 1 atom stereocenters. The molecule has 1 aromatic heterocycles. The van der Waals surface area contributed by atoms with Crippen molar-refractivity contribution in [3.8, 4) is 5.75 Å². The Morgan fingerprint density at radius 1 is 1.17 bits per heavy atom. The van der Waals surface area contributed by atoms with Gasteiger partial charge in [-0.25, -0.2) is 4.99 Å². The third kappa shape index (κ3) is 6.14. The smallest absolute Gasteiger partial charge is 0.194 e. The number of aliphatic imine (C=N–C) groups is 1. The van der Waals surface area contributed by atoms with E-state index in [1.54, 1.807) is 13.4 Å². The number of rotatable bonds is 7. The monoisotopic (exact) mass is 524 g/mol. The Balaban J connectivity index is 0.00000256. The zero-order chi connectivity index (χ0) is 19.9. The van der Waals surface area contributed by atoms with E-state index in [0.29, 0.717) is 12.6 Å². The van der Waals surface area contributed by atoms with Gasteiger partial charge in [0.25, 0.3) is 0 Å². The molecule has 1 aromatic carbocycles. The Morgan fingerprint density at radius 2 is 1.97 bits per heavy atom. The summed E-state index contributed by atoms with van der Waals surface area (Å²) < 4.78 is 10.7. The van der Waals surface area contributed by atoms with Gasteiger partial charge in [-0.2, -0.15) is 0 Å². The van der Waals surface area contributed by atoms with Gasteiger partial charge in [0.1, 0.15) is 11.5 Å². The first-order chi connectivity index (χ1) is 14.3. The van der Waals surface area contributed by atoms with Gasteiger partial charge in [0.05, 0.1) is 19.9 Å². The van der Waals surface area contributed by atoms with Crippen molar-refractivity contribution in [1.82, 2.24) is 15.1 Å². The Labute approximate surface area is 196 Å². The molecule has 4 rings (SSSR count). The molecule has 1 N–H and O–H groups in total. The van der Waals surface area contributed by atoms with Gasteiger partial charge in [-0.15, -0.1) is 24.0 Å². The number of hydrogen-bond donors (Lipinski definition) is 1. The highest BCUT2D eigenvalue weighted by atomic mass is 127. The molecule has 0 amide bonds. The fraction of sp³-hybridized carbons (Fsp3) is 0.522. The molecule has 2 fully saturated rings. The summed E-state index contributed by atoms with van der Waals surface area (Å²) >= 11 is 0. The lowest BCUT2D eigenvalue weighted by atomic mass is 10.2. The van der Waals surface area contributed by atoms with Crippen LogP contribution in [-0.4, -0.2) is 61.6 Å². The maximum absolute atomic E-state index is 5.46. The molecular weight excluding hydrogens is 491 g/mol. The summed E-state index contributed by atoms with van der Waals surface area (Å²) in [5.74, 6) is 2.89. The van der Waals surface area contributed by atoms with E-state index in [2.05, 4.69) is 27.2 Å². The summed E-state index contributed by atoms with van der Waals surface area (Å²) in [6, 6.07) is 12.8. The summed E-state index contributed by atoms with van der Waals surface area (Å²) in [6.07, 6.45) is 6.50. The van der Waals surface area contributed by atoms with Gasteiger partial charge < -0.3 is 19.4 Å². The van der Waals surface area contributed by atoms with E-state index in [1.807, 2.05) is 24.3 Å². The van der Waals surface area contributed by atoms with Gasteiger partial charge in [-0.1, -0.05) is 12.1 Å². The quantitative estimate of drug-likeness (QED) is 0.340. The van der Waals surface area contributed by atoms with E-state index in [-0.39, 0.29) is 24.0 Å². The molecule has 6 nitrogen and oxygen atoms in total. The van der Waals surface area contributed by atoms with E-state index in [9.17, 15) is 0 Å². The number of halogens is 1. The minimum Gasteiger partial charge on any atom is -0.497 e. The lowest BCUT2D eigenvalue weighted by molar-refractivity contribution is 0.249. The second kappa shape index (κ2) is 11.6. The number of benzene rings is 1. The van der Waals surface area contributed by atoms with Crippen LogP contribution in [-0.2, 0) is 13.0 Å². The van der Waals surface area contributed by atoms with Crippen LogP contribution in [0, 0.1) is 0 Å². The SMILES string of the molecule is COc1ccc(CN=C(NCCc2ccco2)N2CCC(N3CCCC3)C2)cc1.I. The molecule has 0 bridgehead atoms. The average molecular weight is 524 g/mol. The summed E-state index contributed by atoms with van der Waals surface area (Å²) in [6.45, 7) is 6.12. The predicted molar refractivity (Wildman–Crippen MR) is 131 cm³/mol. The van der Waals surface area contributed by atoms with Crippen molar-refractivity contribution in [3.63, 3.8) is 0 Å². The molecule has 0 radical (unpaired) electrons. The number of hydrogen-bond acceptors (Lipinski definition) is 4. The van der Waals surface area contributed by atoms with Crippen LogP contribution in [0.25, 0.3) is 0 Å². The Bertz CT molecular complexity index is 773. The zero-order valence-electron chi connectivity index (χ0n) is 17.8. The summed E-state index contributed by atoms with van der Waals surface area (Å²) in [4.78, 5) is 10.0. The van der Waals surface area contributed by atoms with Crippen LogP contribution in [0.4, 0.5) is 0 Å². The van der Waals surface area contributed by atoms with Crippen molar-refractivity contribution in [2.75, 3.05) is 39.8 Å². The lowest BCUT2D eigenvalue weighted by Crippen LogP contribution is -2.43. The molecule has 7 heteroatoms. The molecule has 0 saturated carbocycles. The number of nitrogens with zero attached hydrogens (tertiary/aromatic N) is 3. The molecule has 3 heterocycles. The Kier molecular flexibility index (Phi) is 8.87. The first kappa shape index (κ1) is 22.9. The molecule has 30 heavy (non-hydrogen) atoms. The number of furan rings is 1. The van der Waals surface area contributed by atoms with Crippen LogP contribution >= 0.6 is 24.0 Å². The van der Waals surface area contributed by atoms with Crippen LogP contribution in [0.1, 0.15) is 30.6 Å². The Morgan fingerprint density at radius 3 is 2.67 bits per heavy atom. The number of likely N-dealkylation sites (tertiary alicyclic amines) is 2. The first-order valence-electron chi connectivity index (χ1n) is 10.7. The van der Waals surface area contributed by atoms with Crippen LogP contribution in [0.5, 0.6) is 5.75 Å². The minimum atomic E-state index is 0. The van der Waals surface area contributed by atoms with Gasteiger partial charge in [-0.3, -0.25) is 4.90 Å². The Hall–Kier alpha value is -1.74. The second-order valence-corrected chi connectivity index (χ2v) is 7.88. The molecule has 2 aliphatic heterocycles. The van der Waals surface area contributed by atoms with Crippen molar-refractivity contribution in [2.45, 2.75) is 38.3 Å². The molecule has 1 unspecified atom stereocenters. The molecule has 2 aliphatic rings. The summed E-state index contributed by atoms with van der Waals surface area (Å²) in [7, 11) is 1.69. The average Bonchev–Trinajstić information content (AvgIpc) is 3.53. The molecule has 0 aliphatic carbocycles. The first-order valence-corrected chi connectivity index (χ1v) is 10.7. The van der Waals surface area contributed by atoms with E-state index in [4.69, 9.17) is 14.1 Å². The third-order valence-corrected chi connectivity index (χ3v) is 5.93. The molecule has 164 valence electrons. The standard InChI is InChI=1S/C23H32N4O2.HI/c1-28-21-8-6-19(7-9-21)17-25-23(24-12-10-22-5-4-16-29-22)27-15-11-20(18-27)26-13-2-3-14-26;/h4-9,16,20H,2-3,10-15,17-18H2,1H3,(H,24,25);1H. The van der Waals surface area contributed by atoms with Crippen molar-refractivity contribution in [1.29, 1.82) is 0 Å². The maximum atomic E-state index is 5.46. The molecular formula is C23H33IN4O2. The van der Waals surface area contributed by atoms with Gasteiger partial charge in [0.15, 0.2) is 5.96 Å². The number of ether oxygens (including phenoxy) is 1. The van der Waals surface area contributed by atoms with Crippen molar-refractivity contribution in [2.24, 2.45) is 4.99 Å². The third-order valence-electron chi connectivity index (χ3n) is 5.93. The van der Waals surface area contributed by atoms with Crippen LogP contribution in [0.3, 0.4) is 0 Å². The second-order valence-electron chi connectivity index (χ2n) is 7.88. The van der Waals surface area contributed by atoms with Crippen molar-refractivity contribution < 1.29 is 9.15 Å². The maximum Gasteiger partial charge on any atom is 0.194 e. The number of guanidine groups is 1. The highest BCUT2D eigenvalue weighted by Crippen LogP contribution is 2.21. The van der Waals surface area contributed by atoms with E-state index in [0.717, 1.165) is 43.5 Å². The van der Waals surface area contributed by atoms with Gasteiger partial charge >= 0.3 is 0 Å². The summed E-state index contributed by atoms with van der Waals surface area (Å²) in [5.41, 5.74) is 1.19. The fourth-order valence-corrected chi connectivity index (χ4v) is 4.26. The van der Waals surface area contributed by atoms with Gasteiger partial charge in [-0.05, 0) is 62.2 Å². The van der Waals surface area contributed by atoms with E-state index in [1.165, 1.54) is 37.9 Å². The molecule has 0 spiro atoms. The topological polar surface area (TPSA) is 53.2 Å². The fourth-order valence-electron chi connectivity index (χ4n) is 4.26. The zero-order valence-corrected chi connectivity index (χ0v) is 20.1. The van der Waals surface area contributed by atoms with Crippen LogP contribution in [0.15, 0.2) is 52.1 Å². The van der Waals surface area contributed by atoms with Crippen LogP contribution in [0.2, 0.25) is 0 Å². The number of nitrogens with one attached hydrogen (secondary N) is 1. The predicted octanol–water partition coefficient (Wildman–Crippen LogP) is 3.76. The molecule has 2 aromatic rings. The van der Waals surface area contributed by atoms with Crippen LogP contribution < -0.4 is 10.1 Å². The van der Waals surface area contributed by atoms with Gasteiger partial charge in [0.2, 0.25) is 0 Å². The van der Waals surface area contributed by atoms with E-state index < -0.39 is 0 Å². The largest absolute Gasteiger partial charge is 0.497 e. The highest BCUT2D eigenvalue weighted by Gasteiger charge is 2.30. The lowest BCUT2D eigenvalue weighted by Gasteiger charge is -2.25.